The van der Waals surface area contributed by atoms with Crippen molar-refractivity contribution in [2.45, 2.75) is 26.0 Å². The van der Waals surface area contributed by atoms with E-state index in [1.54, 1.807) is 16.2 Å². The van der Waals surface area contributed by atoms with Crippen molar-refractivity contribution in [3.05, 3.63) is 71.2 Å². The average molecular weight is 474 g/mol. The maximum atomic E-state index is 12.3. The Bertz CT molecular complexity index is 974. The zero-order valence-corrected chi connectivity index (χ0v) is 19.4. The highest BCUT2D eigenvalue weighted by Gasteiger charge is 2.24. The van der Waals surface area contributed by atoms with E-state index in [9.17, 15) is 4.79 Å². The van der Waals surface area contributed by atoms with Crippen LogP contribution in [0, 0.1) is 5.92 Å². The molecular formula is C24H28ClN3O3S. The molecule has 1 aliphatic heterocycles. The number of carbonyl (C=O) groups is 1. The number of benzene rings is 2. The molecule has 1 saturated heterocycles. The van der Waals surface area contributed by atoms with E-state index >= 15 is 0 Å². The van der Waals surface area contributed by atoms with E-state index in [4.69, 9.17) is 15.2 Å². The summed E-state index contributed by atoms with van der Waals surface area (Å²) < 4.78 is 11.4. The van der Waals surface area contributed by atoms with E-state index in [0.29, 0.717) is 38.8 Å². The van der Waals surface area contributed by atoms with Gasteiger partial charge >= 0.3 is 6.09 Å². The van der Waals surface area contributed by atoms with E-state index < -0.39 is 0 Å². The largest absolute Gasteiger partial charge is 0.493 e. The summed E-state index contributed by atoms with van der Waals surface area (Å²) in [5.74, 6) is 1.29. The molecule has 3 aromatic rings. The van der Waals surface area contributed by atoms with Crippen molar-refractivity contribution in [1.82, 2.24) is 9.88 Å². The van der Waals surface area contributed by atoms with Crippen molar-refractivity contribution in [3.63, 3.8) is 0 Å². The van der Waals surface area contributed by atoms with Gasteiger partial charge in [0, 0.05) is 36.3 Å². The van der Waals surface area contributed by atoms with Crippen LogP contribution in [0.2, 0.25) is 0 Å². The molecule has 0 atom stereocenters. The summed E-state index contributed by atoms with van der Waals surface area (Å²) in [5.41, 5.74) is 7.73. The standard InChI is InChI=1S/C24H27N3O3S.ClH/c25-14-22-15-26-23(31-22)20-6-8-21(9-7-20)29-16-19-10-12-27(13-11-19)24(28)30-17-18-4-2-1-3-5-18;/h1-9,15,19H,10-14,16-17,25H2;1H. The summed E-state index contributed by atoms with van der Waals surface area (Å²) in [5, 5.41) is 0.971. The molecule has 2 heterocycles. The van der Waals surface area contributed by atoms with E-state index in [1.165, 1.54) is 0 Å². The number of nitrogens with two attached hydrogens (primary N) is 1. The van der Waals surface area contributed by atoms with Gasteiger partial charge in [0.05, 0.1) is 6.61 Å². The minimum atomic E-state index is -0.237. The summed E-state index contributed by atoms with van der Waals surface area (Å²) in [4.78, 5) is 19.6. The molecule has 6 nitrogen and oxygen atoms in total. The van der Waals surface area contributed by atoms with Gasteiger partial charge in [0.2, 0.25) is 0 Å². The van der Waals surface area contributed by atoms with Gasteiger partial charge in [-0.25, -0.2) is 9.78 Å². The van der Waals surface area contributed by atoms with Gasteiger partial charge in [0.25, 0.3) is 0 Å². The lowest BCUT2D eigenvalue weighted by atomic mass is 9.98. The monoisotopic (exact) mass is 473 g/mol. The number of piperidine rings is 1. The molecule has 0 unspecified atom stereocenters. The van der Waals surface area contributed by atoms with E-state index in [1.807, 2.05) is 60.8 Å². The molecule has 0 spiro atoms. The summed E-state index contributed by atoms with van der Waals surface area (Å²) in [6.07, 6.45) is 3.42. The maximum Gasteiger partial charge on any atom is 0.410 e. The summed E-state index contributed by atoms with van der Waals surface area (Å²) >= 11 is 1.61. The maximum absolute atomic E-state index is 12.3. The lowest BCUT2D eigenvalue weighted by Crippen LogP contribution is -2.39. The minimum absolute atomic E-state index is 0. The SMILES string of the molecule is Cl.NCc1cnc(-c2ccc(OCC3CCN(C(=O)OCc4ccccc4)CC3)cc2)s1. The van der Waals surface area contributed by atoms with Gasteiger partial charge in [0.1, 0.15) is 17.4 Å². The van der Waals surface area contributed by atoms with Crippen LogP contribution < -0.4 is 10.5 Å². The molecule has 0 radical (unpaired) electrons. The molecule has 8 heteroatoms. The van der Waals surface area contributed by atoms with Crippen molar-refractivity contribution >= 4 is 29.8 Å². The first-order valence-corrected chi connectivity index (χ1v) is 11.4. The molecule has 0 bridgehead atoms. The van der Waals surface area contributed by atoms with E-state index in [-0.39, 0.29) is 18.5 Å². The fourth-order valence-electron chi connectivity index (χ4n) is 3.54. The van der Waals surface area contributed by atoms with E-state index in [2.05, 4.69) is 4.98 Å². The third kappa shape index (κ3) is 6.45. The minimum Gasteiger partial charge on any atom is -0.493 e. The molecule has 1 fully saturated rings. The highest BCUT2D eigenvalue weighted by Crippen LogP contribution is 2.27. The second-order valence-electron chi connectivity index (χ2n) is 7.64. The van der Waals surface area contributed by atoms with Gasteiger partial charge in [-0.15, -0.1) is 23.7 Å². The summed E-state index contributed by atoms with van der Waals surface area (Å²) in [6, 6.07) is 17.8. The number of aromatic nitrogens is 1. The molecule has 2 aromatic carbocycles. The van der Waals surface area contributed by atoms with Crippen LogP contribution in [-0.4, -0.2) is 35.7 Å². The Labute approximate surface area is 198 Å². The molecule has 0 aliphatic carbocycles. The van der Waals surface area contributed by atoms with E-state index in [0.717, 1.165) is 39.6 Å². The average Bonchev–Trinajstić information content (AvgIpc) is 3.32. The first-order chi connectivity index (χ1) is 15.2. The van der Waals surface area contributed by atoms with Crippen LogP contribution in [0.25, 0.3) is 10.6 Å². The molecule has 170 valence electrons. The second kappa shape index (κ2) is 11.9. The highest BCUT2D eigenvalue weighted by molar-refractivity contribution is 7.15. The molecule has 2 N–H and O–H groups in total. The molecule has 0 saturated carbocycles. The Hall–Kier alpha value is -2.61. The first kappa shape index (κ1) is 24.0. The first-order valence-electron chi connectivity index (χ1n) is 10.5. The zero-order valence-electron chi connectivity index (χ0n) is 17.8. The highest BCUT2D eigenvalue weighted by atomic mass is 35.5. The lowest BCUT2D eigenvalue weighted by Gasteiger charge is -2.31. The quantitative estimate of drug-likeness (QED) is 0.515. The molecule has 1 amide bonds. The van der Waals surface area contributed by atoms with Gasteiger partial charge in [0.15, 0.2) is 0 Å². The van der Waals surface area contributed by atoms with Crippen LogP contribution in [-0.2, 0) is 17.9 Å². The summed E-state index contributed by atoms with van der Waals surface area (Å²) in [7, 11) is 0. The lowest BCUT2D eigenvalue weighted by molar-refractivity contribution is 0.0761. The van der Waals surface area contributed by atoms with Crippen molar-refractivity contribution < 1.29 is 14.3 Å². The van der Waals surface area contributed by atoms with Crippen LogP contribution in [0.15, 0.2) is 60.8 Å². The smallest absolute Gasteiger partial charge is 0.410 e. The van der Waals surface area contributed by atoms with Crippen LogP contribution >= 0.6 is 23.7 Å². The van der Waals surface area contributed by atoms with Crippen LogP contribution in [0.4, 0.5) is 4.79 Å². The zero-order chi connectivity index (χ0) is 21.5. The van der Waals surface area contributed by atoms with Crippen LogP contribution in [0.1, 0.15) is 23.3 Å². The number of likely N-dealkylation sites (tertiary alicyclic amines) is 1. The number of hydrogen-bond acceptors (Lipinski definition) is 6. The Balaban J connectivity index is 0.00000289. The number of amides is 1. The van der Waals surface area contributed by atoms with Gasteiger partial charge in [-0.1, -0.05) is 30.3 Å². The summed E-state index contributed by atoms with van der Waals surface area (Å²) in [6.45, 7) is 2.89. The van der Waals surface area contributed by atoms with Crippen molar-refractivity contribution in [2.75, 3.05) is 19.7 Å². The molecule has 32 heavy (non-hydrogen) atoms. The predicted molar refractivity (Wildman–Crippen MR) is 129 cm³/mol. The number of nitrogens with zero attached hydrogens (tertiary/aromatic N) is 2. The third-order valence-corrected chi connectivity index (χ3v) is 6.49. The fraction of sp³-hybridized carbons (Fsp3) is 0.333. The van der Waals surface area contributed by atoms with Gasteiger partial charge in [-0.05, 0) is 48.6 Å². The van der Waals surface area contributed by atoms with Gasteiger partial charge in [-0.3, -0.25) is 0 Å². The number of hydrogen-bond donors (Lipinski definition) is 1. The van der Waals surface area contributed by atoms with Crippen molar-refractivity contribution in [1.29, 1.82) is 0 Å². The molecular weight excluding hydrogens is 446 g/mol. The number of thiazole rings is 1. The predicted octanol–water partition coefficient (Wildman–Crippen LogP) is 5.12. The Morgan fingerprint density at radius 2 is 1.81 bits per heavy atom. The molecule has 4 rings (SSSR count). The Morgan fingerprint density at radius 3 is 2.47 bits per heavy atom. The van der Waals surface area contributed by atoms with Gasteiger partial charge in [-0.2, -0.15) is 0 Å². The van der Waals surface area contributed by atoms with Crippen LogP contribution in [0.3, 0.4) is 0 Å². The Kier molecular flexibility index (Phi) is 8.90. The van der Waals surface area contributed by atoms with Gasteiger partial charge < -0.3 is 20.1 Å². The topological polar surface area (TPSA) is 77.7 Å². The normalized spacial score (nSPS) is 14.0. The third-order valence-electron chi connectivity index (χ3n) is 5.42. The van der Waals surface area contributed by atoms with Crippen molar-refractivity contribution in [2.24, 2.45) is 11.7 Å². The molecule has 1 aliphatic rings. The number of carbonyl (C=O) groups excluding carboxylic acids is 1. The van der Waals surface area contributed by atoms with Crippen molar-refractivity contribution in [3.8, 4) is 16.3 Å². The second-order valence-corrected chi connectivity index (χ2v) is 8.76. The Morgan fingerprint density at radius 1 is 1.09 bits per heavy atom. The van der Waals surface area contributed by atoms with Crippen LogP contribution in [0.5, 0.6) is 5.75 Å². The number of halogens is 1. The number of rotatable bonds is 7. The molecule has 1 aromatic heterocycles. The fourth-order valence-corrected chi connectivity index (χ4v) is 4.33. The number of ether oxygens (including phenoxy) is 2.